The molecule has 0 saturated carbocycles. The zero-order valence-electron chi connectivity index (χ0n) is 7.49. The molecule has 3 heteroatoms. The minimum atomic E-state index is -0.477. The summed E-state index contributed by atoms with van der Waals surface area (Å²) in [6.45, 7) is 3.93. The molecule has 13 heavy (non-hydrogen) atoms. The van der Waals surface area contributed by atoms with Crippen LogP contribution in [0.5, 0.6) is 0 Å². The Labute approximate surface area is 78.5 Å². The van der Waals surface area contributed by atoms with Gasteiger partial charge < -0.3 is 4.74 Å². The van der Waals surface area contributed by atoms with Crippen LogP contribution in [0.3, 0.4) is 0 Å². The van der Waals surface area contributed by atoms with Crippen LogP contribution in [0.15, 0.2) is 18.6 Å². The zero-order chi connectivity index (χ0) is 9.94. The first-order chi connectivity index (χ1) is 6.35. The third kappa shape index (κ3) is 6.69. The van der Waals surface area contributed by atoms with E-state index in [0.717, 1.165) is 12.8 Å². The summed E-state index contributed by atoms with van der Waals surface area (Å²) in [4.78, 5) is 0. The highest BCUT2D eigenvalue weighted by Gasteiger charge is 2.03. The molecule has 0 heterocycles. The molecule has 0 aliphatic heterocycles. The van der Waals surface area contributed by atoms with Crippen molar-refractivity contribution in [2.24, 2.45) is 5.92 Å². The van der Waals surface area contributed by atoms with Crippen molar-refractivity contribution in [2.75, 3.05) is 6.61 Å². The van der Waals surface area contributed by atoms with Gasteiger partial charge in [0.25, 0.3) is 0 Å². The summed E-state index contributed by atoms with van der Waals surface area (Å²) in [5, 5.41) is 16.9. The summed E-state index contributed by atoms with van der Waals surface area (Å²) in [5.41, 5.74) is 2.49. The topological polar surface area (TPSA) is 56.8 Å². The van der Waals surface area contributed by atoms with Gasteiger partial charge in [-0.25, -0.2) is 0 Å². The lowest BCUT2D eigenvalue weighted by Gasteiger charge is -2.00. The molecule has 0 aliphatic carbocycles. The van der Waals surface area contributed by atoms with Gasteiger partial charge in [-0.2, -0.15) is 10.5 Å². The van der Waals surface area contributed by atoms with Gasteiger partial charge in [-0.1, -0.05) is 12.3 Å². The number of ether oxygens (including phenoxy) is 1. The highest BCUT2D eigenvalue weighted by atomic mass is 16.5. The molecule has 0 spiro atoms. The molecule has 0 unspecified atom stereocenters. The molecule has 0 rings (SSSR count). The molecule has 0 atom stereocenters. The summed E-state index contributed by atoms with van der Waals surface area (Å²) in [6.07, 6.45) is 3.70. The van der Waals surface area contributed by atoms with Crippen LogP contribution >= 0.6 is 0 Å². The molecule has 0 aromatic rings. The van der Waals surface area contributed by atoms with Crippen molar-refractivity contribution >= 4 is 0 Å². The molecule has 68 valence electrons. The first-order valence-corrected chi connectivity index (χ1v) is 4.10. The van der Waals surface area contributed by atoms with Gasteiger partial charge in [0.15, 0.2) is 0 Å². The highest BCUT2D eigenvalue weighted by Crippen LogP contribution is 2.06. The maximum absolute atomic E-state index is 8.44. The van der Waals surface area contributed by atoms with Crippen molar-refractivity contribution in [2.45, 2.75) is 19.3 Å². The molecule has 3 nitrogen and oxygen atoms in total. The second-order valence-corrected chi connectivity index (χ2v) is 2.50. The maximum atomic E-state index is 8.44. The van der Waals surface area contributed by atoms with Crippen LogP contribution in [0.1, 0.15) is 19.3 Å². The minimum absolute atomic E-state index is 0.477. The van der Waals surface area contributed by atoms with E-state index >= 15 is 0 Å². The molecule has 0 bridgehead atoms. The standard InChI is InChI=1S/C10H12N2O/c1-2-6-13-7-4-3-5-10(8-11)9-12/h6,10H,1,3-5,7H2. The zero-order valence-corrected chi connectivity index (χ0v) is 7.49. The number of nitriles is 2. The summed E-state index contributed by atoms with van der Waals surface area (Å²) in [5.74, 6) is -0.477. The highest BCUT2D eigenvalue weighted by molar-refractivity contribution is 4.98. The summed E-state index contributed by atoms with van der Waals surface area (Å²) >= 11 is 0. The van der Waals surface area contributed by atoms with Crippen molar-refractivity contribution in [3.63, 3.8) is 0 Å². The fourth-order valence-corrected chi connectivity index (χ4v) is 0.810. The van der Waals surface area contributed by atoms with Gasteiger partial charge in [0.05, 0.1) is 18.7 Å². The lowest BCUT2D eigenvalue weighted by atomic mass is 10.1. The van der Waals surface area contributed by atoms with Crippen molar-refractivity contribution < 1.29 is 4.74 Å². The predicted octanol–water partition coefficient (Wildman–Crippen LogP) is 2.14. The molecular weight excluding hydrogens is 164 g/mol. The van der Waals surface area contributed by atoms with Gasteiger partial charge >= 0.3 is 0 Å². The van der Waals surface area contributed by atoms with Crippen molar-refractivity contribution in [3.05, 3.63) is 18.6 Å². The molecule has 0 aromatic carbocycles. The van der Waals surface area contributed by atoms with E-state index in [0.29, 0.717) is 13.0 Å². The second kappa shape index (κ2) is 8.40. The molecule has 0 aromatic heterocycles. The molecular formula is C10H12N2O. The Morgan fingerprint density at radius 2 is 2.00 bits per heavy atom. The van der Waals surface area contributed by atoms with Crippen LogP contribution in [-0.2, 0) is 4.74 Å². The average Bonchev–Trinajstić information content (AvgIpc) is 2.17. The molecule has 0 radical (unpaired) electrons. The first kappa shape index (κ1) is 11.3. The van der Waals surface area contributed by atoms with E-state index < -0.39 is 5.92 Å². The van der Waals surface area contributed by atoms with Gasteiger partial charge in [0, 0.05) is 0 Å². The Hall–Kier alpha value is -1.70. The molecule has 0 fully saturated rings. The Kier molecular flexibility index (Phi) is 7.30. The SMILES string of the molecule is C=C=COCCCCC(C#N)C#N. The van der Waals surface area contributed by atoms with Crippen LogP contribution in [0.25, 0.3) is 0 Å². The molecule has 0 saturated heterocycles. The summed E-state index contributed by atoms with van der Waals surface area (Å²) in [6, 6.07) is 3.84. The van der Waals surface area contributed by atoms with E-state index in [1.807, 2.05) is 12.1 Å². The van der Waals surface area contributed by atoms with Crippen LogP contribution in [-0.4, -0.2) is 6.61 Å². The normalized spacial score (nSPS) is 8.23. The fourth-order valence-electron chi connectivity index (χ4n) is 0.810. The Morgan fingerprint density at radius 1 is 1.31 bits per heavy atom. The number of nitrogens with zero attached hydrogens (tertiary/aromatic N) is 2. The third-order valence-corrected chi connectivity index (χ3v) is 1.48. The van der Waals surface area contributed by atoms with Gasteiger partial charge in [-0.05, 0) is 19.3 Å². The van der Waals surface area contributed by atoms with Gasteiger partial charge in [0.1, 0.15) is 12.2 Å². The van der Waals surface area contributed by atoms with Gasteiger partial charge in [-0.15, -0.1) is 0 Å². The Bertz CT molecular complexity index is 239. The fraction of sp³-hybridized carbons (Fsp3) is 0.500. The Balaban J connectivity index is 3.31. The van der Waals surface area contributed by atoms with Crippen LogP contribution in [0.2, 0.25) is 0 Å². The number of unbranched alkanes of at least 4 members (excludes halogenated alkanes) is 1. The molecule has 0 amide bonds. The van der Waals surface area contributed by atoms with Crippen LogP contribution in [0, 0.1) is 28.6 Å². The summed E-state index contributed by atoms with van der Waals surface area (Å²) < 4.78 is 4.97. The van der Waals surface area contributed by atoms with E-state index in [1.165, 1.54) is 6.26 Å². The largest absolute Gasteiger partial charge is 0.493 e. The smallest absolute Gasteiger partial charge is 0.133 e. The van der Waals surface area contributed by atoms with E-state index in [-0.39, 0.29) is 0 Å². The number of rotatable bonds is 6. The predicted molar refractivity (Wildman–Crippen MR) is 48.2 cm³/mol. The molecule has 0 aliphatic rings. The van der Waals surface area contributed by atoms with Crippen molar-refractivity contribution in [1.29, 1.82) is 10.5 Å². The Morgan fingerprint density at radius 3 is 2.54 bits per heavy atom. The lowest BCUT2D eigenvalue weighted by molar-refractivity contribution is 0.241. The lowest BCUT2D eigenvalue weighted by Crippen LogP contribution is -1.94. The van der Waals surface area contributed by atoms with Crippen molar-refractivity contribution in [3.8, 4) is 12.1 Å². The second-order valence-electron chi connectivity index (χ2n) is 2.50. The van der Waals surface area contributed by atoms with Crippen LogP contribution < -0.4 is 0 Å². The van der Waals surface area contributed by atoms with Gasteiger partial charge in [-0.3, -0.25) is 0 Å². The first-order valence-electron chi connectivity index (χ1n) is 4.10. The number of hydrogen-bond acceptors (Lipinski definition) is 3. The van der Waals surface area contributed by atoms with E-state index in [1.54, 1.807) is 0 Å². The molecule has 0 N–H and O–H groups in total. The average molecular weight is 176 g/mol. The third-order valence-electron chi connectivity index (χ3n) is 1.48. The quantitative estimate of drug-likeness (QED) is 0.354. The summed E-state index contributed by atoms with van der Waals surface area (Å²) in [7, 11) is 0. The minimum Gasteiger partial charge on any atom is -0.493 e. The van der Waals surface area contributed by atoms with Crippen molar-refractivity contribution in [1.82, 2.24) is 0 Å². The maximum Gasteiger partial charge on any atom is 0.133 e. The number of hydrogen-bond donors (Lipinski definition) is 0. The van der Waals surface area contributed by atoms with E-state index in [2.05, 4.69) is 12.3 Å². The monoisotopic (exact) mass is 176 g/mol. The van der Waals surface area contributed by atoms with E-state index in [9.17, 15) is 0 Å². The van der Waals surface area contributed by atoms with Gasteiger partial charge in [0.2, 0.25) is 0 Å². The van der Waals surface area contributed by atoms with E-state index in [4.69, 9.17) is 15.3 Å². The van der Waals surface area contributed by atoms with Crippen LogP contribution in [0.4, 0.5) is 0 Å².